The summed E-state index contributed by atoms with van der Waals surface area (Å²) in [5.74, 6) is 0.0127. The summed E-state index contributed by atoms with van der Waals surface area (Å²) in [5.41, 5.74) is 18.5. The number of fused-ring (bicyclic) bond motifs is 1. The number of rotatable bonds is 2. The van der Waals surface area contributed by atoms with Gasteiger partial charge in [-0.1, -0.05) is 0 Å². The van der Waals surface area contributed by atoms with E-state index in [1.165, 1.54) is 17.8 Å². The van der Waals surface area contributed by atoms with E-state index in [0.717, 1.165) is 0 Å². The van der Waals surface area contributed by atoms with Crippen molar-refractivity contribution in [1.82, 2.24) is 15.0 Å². The SMILES string of the molecule is Nc1cc(N)nc(Sc2cc3[nH]c(=O)oc3cc2N)n1. The molecule has 0 saturated heterocycles. The first-order chi connectivity index (χ1) is 9.51. The second kappa shape index (κ2) is 4.46. The van der Waals surface area contributed by atoms with E-state index >= 15 is 0 Å². The van der Waals surface area contributed by atoms with Crippen molar-refractivity contribution in [2.24, 2.45) is 0 Å². The quantitative estimate of drug-likeness (QED) is 0.400. The topological polar surface area (TPSA) is 150 Å². The third-order valence-electron chi connectivity index (χ3n) is 2.50. The van der Waals surface area contributed by atoms with Crippen LogP contribution in [0, 0.1) is 0 Å². The predicted octanol–water partition coefficient (Wildman–Crippen LogP) is 0.809. The van der Waals surface area contributed by atoms with Crippen LogP contribution in [0.4, 0.5) is 17.3 Å². The predicted molar refractivity (Wildman–Crippen MR) is 76.2 cm³/mol. The molecule has 0 bridgehead atoms. The van der Waals surface area contributed by atoms with Gasteiger partial charge < -0.3 is 21.6 Å². The van der Waals surface area contributed by atoms with Gasteiger partial charge in [-0.3, -0.25) is 4.98 Å². The van der Waals surface area contributed by atoms with Gasteiger partial charge in [0.25, 0.3) is 0 Å². The van der Waals surface area contributed by atoms with Gasteiger partial charge in [0.1, 0.15) is 11.6 Å². The molecule has 102 valence electrons. The van der Waals surface area contributed by atoms with E-state index in [2.05, 4.69) is 15.0 Å². The lowest BCUT2D eigenvalue weighted by Gasteiger charge is -2.05. The average molecular weight is 290 g/mol. The summed E-state index contributed by atoms with van der Waals surface area (Å²) < 4.78 is 4.92. The fourth-order valence-electron chi connectivity index (χ4n) is 1.69. The number of nitrogens with two attached hydrogens (primary N) is 3. The third-order valence-corrected chi connectivity index (χ3v) is 3.44. The Morgan fingerprint density at radius 3 is 2.50 bits per heavy atom. The summed E-state index contributed by atoms with van der Waals surface area (Å²) in [6.45, 7) is 0. The lowest BCUT2D eigenvalue weighted by molar-refractivity contribution is 0.555. The minimum atomic E-state index is -0.536. The van der Waals surface area contributed by atoms with Crippen LogP contribution in [-0.2, 0) is 0 Å². The summed E-state index contributed by atoms with van der Waals surface area (Å²) in [7, 11) is 0. The minimum Gasteiger partial charge on any atom is -0.408 e. The van der Waals surface area contributed by atoms with Crippen molar-refractivity contribution in [3.05, 3.63) is 28.7 Å². The fourth-order valence-corrected chi connectivity index (χ4v) is 2.54. The highest BCUT2D eigenvalue weighted by Gasteiger charge is 2.10. The van der Waals surface area contributed by atoms with Crippen LogP contribution in [-0.4, -0.2) is 15.0 Å². The molecule has 0 saturated carbocycles. The van der Waals surface area contributed by atoms with Gasteiger partial charge in [-0.05, 0) is 17.8 Å². The number of hydrogen-bond donors (Lipinski definition) is 4. The van der Waals surface area contributed by atoms with E-state index in [0.29, 0.717) is 26.8 Å². The molecule has 0 unspecified atom stereocenters. The fraction of sp³-hybridized carbons (Fsp3) is 0. The lowest BCUT2D eigenvalue weighted by Crippen LogP contribution is -1.99. The van der Waals surface area contributed by atoms with Crippen LogP contribution in [0.2, 0.25) is 0 Å². The molecule has 3 aromatic rings. The lowest BCUT2D eigenvalue weighted by atomic mass is 10.3. The van der Waals surface area contributed by atoms with Gasteiger partial charge in [0.15, 0.2) is 10.7 Å². The van der Waals surface area contributed by atoms with E-state index in [9.17, 15) is 4.79 Å². The van der Waals surface area contributed by atoms with Crippen LogP contribution < -0.4 is 23.0 Å². The van der Waals surface area contributed by atoms with Crippen molar-refractivity contribution in [2.75, 3.05) is 17.2 Å². The highest BCUT2D eigenvalue weighted by Crippen LogP contribution is 2.33. The number of nitrogen functional groups attached to an aromatic ring is 3. The molecule has 2 aromatic heterocycles. The number of benzene rings is 1. The Hall–Kier alpha value is -2.68. The molecule has 0 aliphatic heterocycles. The number of H-pyrrole nitrogens is 1. The number of nitrogens with zero attached hydrogens (tertiary/aromatic N) is 2. The van der Waals surface area contributed by atoms with Gasteiger partial charge in [0.2, 0.25) is 0 Å². The smallest absolute Gasteiger partial charge is 0.408 e. The van der Waals surface area contributed by atoms with Crippen LogP contribution in [0.1, 0.15) is 0 Å². The number of hydrogen-bond acceptors (Lipinski definition) is 8. The van der Waals surface area contributed by atoms with E-state index < -0.39 is 5.76 Å². The van der Waals surface area contributed by atoms with Crippen LogP contribution in [0.3, 0.4) is 0 Å². The highest BCUT2D eigenvalue weighted by molar-refractivity contribution is 7.99. The van der Waals surface area contributed by atoms with Crippen molar-refractivity contribution in [3.63, 3.8) is 0 Å². The summed E-state index contributed by atoms with van der Waals surface area (Å²) in [6, 6.07) is 4.71. The zero-order valence-corrected chi connectivity index (χ0v) is 10.9. The highest BCUT2D eigenvalue weighted by atomic mass is 32.2. The second-order valence-electron chi connectivity index (χ2n) is 4.00. The van der Waals surface area contributed by atoms with Crippen molar-refractivity contribution in [2.45, 2.75) is 10.1 Å². The molecule has 7 N–H and O–H groups in total. The van der Waals surface area contributed by atoms with E-state index in [1.54, 1.807) is 12.1 Å². The van der Waals surface area contributed by atoms with Crippen LogP contribution in [0.25, 0.3) is 11.1 Å². The normalized spacial score (nSPS) is 11.0. The number of anilines is 3. The first-order valence-electron chi connectivity index (χ1n) is 5.51. The van der Waals surface area contributed by atoms with Gasteiger partial charge in [-0.2, -0.15) is 0 Å². The first kappa shape index (κ1) is 12.4. The van der Waals surface area contributed by atoms with Gasteiger partial charge in [0, 0.05) is 22.7 Å². The Balaban J connectivity index is 2.05. The minimum absolute atomic E-state index is 0.274. The van der Waals surface area contributed by atoms with Crippen molar-refractivity contribution < 1.29 is 4.42 Å². The average Bonchev–Trinajstić information content (AvgIpc) is 2.67. The van der Waals surface area contributed by atoms with Crippen LogP contribution in [0.15, 0.2) is 37.5 Å². The van der Waals surface area contributed by atoms with E-state index in [-0.39, 0.29) is 11.6 Å². The van der Waals surface area contributed by atoms with E-state index in [4.69, 9.17) is 21.6 Å². The van der Waals surface area contributed by atoms with Crippen molar-refractivity contribution in [1.29, 1.82) is 0 Å². The molecule has 0 amide bonds. The van der Waals surface area contributed by atoms with Crippen LogP contribution >= 0.6 is 11.8 Å². The molecule has 9 heteroatoms. The van der Waals surface area contributed by atoms with Gasteiger partial charge in [0.05, 0.1) is 5.52 Å². The zero-order valence-electron chi connectivity index (χ0n) is 10.1. The molecule has 0 aliphatic carbocycles. The molecule has 0 radical (unpaired) electrons. The first-order valence-corrected chi connectivity index (χ1v) is 6.33. The summed E-state index contributed by atoms with van der Waals surface area (Å²) in [6.07, 6.45) is 0. The Morgan fingerprint density at radius 1 is 1.10 bits per heavy atom. The van der Waals surface area contributed by atoms with E-state index in [1.807, 2.05) is 0 Å². The molecule has 0 fully saturated rings. The third kappa shape index (κ3) is 2.26. The summed E-state index contributed by atoms with van der Waals surface area (Å²) >= 11 is 1.20. The Labute approximate surface area is 116 Å². The Bertz CT molecular complexity index is 835. The largest absolute Gasteiger partial charge is 0.417 e. The van der Waals surface area contributed by atoms with Gasteiger partial charge in [-0.15, -0.1) is 0 Å². The summed E-state index contributed by atoms with van der Waals surface area (Å²) in [4.78, 5) is 22.5. The van der Waals surface area contributed by atoms with Crippen molar-refractivity contribution >= 4 is 40.2 Å². The van der Waals surface area contributed by atoms with Gasteiger partial charge in [-0.25, -0.2) is 14.8 Å². The number of aromatic amines is 1. The standard InChI is InChI=1S/C11H10N6O2S/c12-4-1-6-5(15-11(18)19-6)2-7(4)20-10-16-8(13)3-9(14)17-10/h1-3H,12H2,(H,15,18)(H4,13,14,16,17). The molecule has 8 nitrogen and oxygen atoms in total. The maximum atomic E-state index is 11.1. The Kier molecular flexibility index (Phi) is 2.75. The number of oxazole rings is 1. The second-order valence-corrected chi connectivity index (χ2v) is 5.01. The monoisotopic (exact) mass is 290 g/mol. The summed E-state index contributed by atoms with van der Waals surface area (Å²) in [5, 5.41) is 0.374. The molecule has 1 aromatic carbocycles. The number of nitrogens with one attached hydrogen (secondary N) is 1. The molecule has 20 heavy (non-hydrogen) atoms. The maximum Gasteiger partial charge on any atom is 0.417 e. The molecule has 0 spiro atoms. The van der Waals surface area contributed by atoms with Crippen molar-refractivity contribution in [3.8, 4) is 0 Å². The van der Waals surface area contributed by atoms with Gasteiger partial charge >= 0.3 is 5.76 Å². The maximum absolute atomic E-state index is 11.1. The molecule has 0 aliphatic rings. The molecular formula is C11H10N6O2S. The molecule has 2 heterocycles. The molecule has 0 atom stereocenters. The Morgan fingerprint density at radius 2 is 1.80 bits per heavy atom. The molecule has 3 rings (SSSR count). The molecular weight excluding hydrogens is 280 g/mol. The van der Waals surface area contributed by atoms with Crippen LogP contribution in [0.5, 0.6) is 0 Å². The zero-order chi connectivity index (χ0) is 14.3. The number of aromatic nitrogens is 3.